The fourth-order valence-electron chi connectivity index (χ4n) is 1.70. The van der Waals surface area contributed by atoms with Crippen molar-refractivity contribution in [2.24, 2.45) is 11.6 Å². The van der Waals surface area contributed by atoms with E-state index in [2.05, 4.69) is 0 Å². The Hall–Kier alpha value is -1.86. The molecule has 0 saturated heterocycles. The summed E-state index contributed by atoms with van der Waals surface area (Å²) in [5.41, 5.74) is 8.05. The molecule has 1 aromatic rings. The predicted octanol–water partition coefficient (Wildman–Crippen LogP) is -0.113. The molecule has 0 spiro atoms. The van der Waals surface area contributed by atoms with Crippen LogP contribution in [0.15, 0.2) is 10.5 Å². The quantitative estimate of drug-likeness (QED) is 0.378. The minimum atomic E-state index is -0.486. The topological polar surface area (TPSA) is 115 Å². The highest BCUT2D eigenvalue weighted by molar-refractivity contribution is 5.91. The summed E-state index contributed by atoms with van der Waals surface area (Å²) in [6.45, 7) is 6.32. The van der Waals surface area contributed by atoms with Crippen molar-refractivity contribution >= 4 is 11.8 Å². The summed E-state index contributed by atoms with van der Waals surface area (Å²) in [4.78, 5) is 24.3. The monoisotopic (exact) mass is 268 g/mol. The lowest BCUT2D eigenvalue weighted by molar-refractivity contribution is -0.119. The molecule has 1 aromatic heterocycles. The van der Waals surface area contributed by atoms with E-state index in [9.17, 15) is 9.59 Å². The normalized spacial score (nSPS) is 11.1. The number of nitrogens with zero attached hydrogens (tertiary/aromatic N) is 1. The van der Waals surface area contributed by atoms with Gasteiger partial charge in [0.05, 0.1) is 6.54 Å². The average molecular weight is 268 g/mol. The molecule has 7 nitrogen and oxygen atoms in total. The molecule has 0 aromatic carbocycles. The highest BCUT2D eigenvalue weighted by Gasteiger charge is 2.18. The van der Waals surface area contributed by atoms with Gasteiger partial charge in [0.15, 0.2) is 5.76 Å². The number of aryl methyl sites for hydroxylation is 1. The molecule has 0 saturated carbocycles. The van der Waals surface area contributed by atoms with E-state index in [1.54, 1.807) is 13.0 Å². The first-order valence-corrected chi connectivity index (χ1v) is 5.97. The maximum absolute atomic E-state index is 11.4. The van der Waals surface area contributed by atoms with Gasteiger partial charge in [0, 0.05) is 18.2 Å². The van der Waals surface area contributed by atoms with Crippen LogP contribution in [0, 0.1) is 6.92 Å². The zero-order valence-corrected chi connectivity index (χ0v) is 11.4. The second kappa shape index (κ2) is 6.35. The molecule has 1 rings (SSSR count). The minimum absolute atomic E-state index is 0.147. The molecule has 106 valence electrons. The van der Waals surface area contributed by atoms with E-state index in [1.807, 2.05) is 24.2 Å². The largest absolute Gasteiger partial charge is 0.456 e. The minimum Gasteiger partial charge on any atom is -0.456 e. The number of primary amides is 1. The number of furan rings is 1. The molecule has 1 heterocycles. The SMILES string of the molecule is Cc1oc(C(=O)NN)cc1CN(CC(N)=O)C(C)C. The number of rotatable bonds is 6. The molecular formula is C12H20N4O3. The average Bonchev–Trinajstić information content (AvgIpc) is 2.68. The molecule has 0 aliphatic carbocycles. The van der Waals surface area contributed by atoms with E-state index in [0.29, 0.717) is 12.3 Å². The Balaban J connectivity index is 2.87. The number of carbonyl (C=O) groups excluding carboxylic acids is 2. The molecule has 19 heavy (non-hydrogen) atoms. The van der Waals surface area contributed by atoms with Gasteiger partial charge in [-0.2, -0.15) is 0 Å². The van der Waals surface area contributed by atoms with Crippen LogP contribution in [0.1, 0.15) is 35.7 Å². The smallest absolute Gasteiger partial charge is 0.300 e. The van der Waals surface area contributed by atoms with Gasteiger partial charge in [0.2, 0.25) is 5.91 Å². The van der Waals surface area contributed by atoms with Crippen molar-refractivity contribution in [3.63, 3.8) is 0 Å². The molecule has 7 heteroatoms. The van der Waals surface area contributed by atoms with Crippen LogP contribution in [-0.4, -0.2) is 29.3 Å². The number of carbonyl (C=O) groups is 2. The highest BCUT2D eigenvalue weighted by Crippen LogP contribution is 2.17. The molecule has 0 aliphatic rings. The lowest BCUT2D eigenvalue weighted by Gasteiger charge is -2.24. The van der Waals surface area contributed by atoms with Gasteiger partial charge in [0.25, 0.3) is 0 Å². The van der Waals surface area contributed by atoms with Crippen LogP contribution in [0.4, 0.5) is 0 Å². The van der Waals surface area contributed by atoms with Gasteiger partial charge in [-0.05, 0) is 26.8 Å². The summed E-state index contributed by atoms with van der Waals surface area (Å²) in [7, 11) is 0. The second-order valence-electron chi connectivity index (χ2n) is 4.63. The number of amides is 2. The van der Waals surface area contributed by atoms with Crippen molar-refractivity contribution in [3.05, 3.63) is 23.2 Å². The van der Waals surface area contributed by atoms with Gasteiger partial charge >= 0.3 is 5.91 Å². The molecule has 5 N–H and O–H groups in total. The van der Waals surface area contributed by atoms with Crippen molar-refractivity contribution in [1.29, 1.82) is 0 Å². The Labute approximate surface area is 111 Å². The maximum Gasteiger partial charge on any atom is 0.300 e. The van der Waals surface area contributed by atoms with Crippen molar-refractivity contribution in [3.8, 4) is 0 Å². The molecule has 0 atom stereocenters. The summed E-state index contributed by atoms with van der Waals surface area (Å²) in [6, 6.07) is 1.77. The Bertz CT molecular complexity index is 468. The molecule has 2 amide bonds. The van der Waals surface area contributed by atoms with E-state index in [4.69, 9.17) is 16.0 Å². The van der Waals surface area contributed by atoms with Crippen LogP contribution in [0.25, 0.3) is 0 Å². The van der Waals surface area contributed by atoms with E-state index in [0.717, 1.165) is 5.56 Å². The maximum atomic E-state index is 11.4. The molecule has 0 fully saturated rings. The van der Waals surface area contributed by atoms with Crippen LogP contribution in [0.3, 0.4) is 0 Å². The Kier molecular flexibility index (Phi) is 5.08. The number of nitrogen functional groups attached to an aromatic ring is 1. The van der Waals surface area contributed by atoms with Gasteiger partial charge in [-0.25, -0.2) is 5.84 Å². The summed E-state index contributed by atoms with van der Waals surface area (Å²) in [5.74, 6) is 4.94. The number of nitrogens with two attached hydrogens (primary N) is 2. The predicted molar refractivity (Wildman–Crippen MR) is 69.8 cm³/mol. The fourth-order valence-corrected chi connectivity index (χ4v) is 1.70. The fraction of sp³-hybridized carbons (Fsp3) is 0.500. The van der Waals surface area contributed by atoms with Crippen LogP contribution in [0.2, 0.25) is 0 Å². The lowest BCUT2D eigenvalue weighted by atomic mass is 10.2. The third-order valence-corrected chi connectivity index (χ3v) is 2.84. The van der Waals surface area contributed by atoms with Crippen LogP contribution >= 0.6 is 0 Å². The van der Waals surface area contributed by atoms with Crippen molar-refractivity contribution in [1.82, 2.24) is 10.3 Å². The van der Waals surface area contributed by atoms with Crippen molar-refractivity contribution in [2.75, 3.05) is 6.54 Å². The number of hydrogen-bond donors (Lipinski definition) is 3. The summed E-state index contributed by atoms with van der Waals surface area (Å²) >= 11 is 0. The molecule has 0 unspecified atom stereocenters. The van der Waals surface area contributed by atoms with Crippen molar-refractivity contribution in [2.45, 2.75) is 33.4 Å². The number of hydrazine groups is 1. The first kappa shape index (κ1) is 15.2. The molecule has 0 radical (unpaired) electrons. The first-order chi connectivity index (χ1) is 8.85. The van der Waals surface area contributed by atoms with Crippen LogP contribution in [-0.2, 0) is 11.3 Å². The van der Waals surface area contributed by atoms with Crippen LogP contribution < -0.4 is 17.0 Å². The van der Waals surface area contributed by atoms with Gasteiger partial charge in [-0.1, -0.05) is 0 Å². The van der Waals surface area contributed by atoms with Crippen molar-refractivity contribution < 1.29 is 14.0 Å². The van der Waals surface area contributed by atoms with Gasteiger partial charge < -0.3 is 10.2 Å². The van der Waals surface area contributed by atoms with Crippen LogP contribution in [0.5, 0.6) is 0 Å². The number of hydrogen-bond acceptors (Lipinski definition) is 5. The van der Waals surface area contributed by atoms with Gasteiger partial charge in [0.1, 0.15) is 5.76 Å². The Morgan fingerprint density at radius 2 is 2.11 bits per heavy atom. The van der Waals surface area contributed by atoms with Gasteiger partial charge in [-0.15, -0.1) is 0 Å². The van der Waals surface area contributed by atoms with E-state index in [-0.39, 0.29) is 18.3 Å². The third kappa shape index (κ3) is 4.08. The second-order valence-corrected chi connectivity index (χ2v) is 4.63. The Morgan fingerprint density at radius 3 is 2.58 bits per heavy atom. The van der Waals surface area contributed by atoms with E-state index >= 15 is 0 Å². The number of nitrogens with one attached hydrogen (secondary N) is 1. The molecule has 0 aliphatic heterocycles. The zero-order chi connectivity index (χ0) is 14.6. The summed E-state index contributed by atoms with van der Waals surface area (Å²) in [5, 5.41) is 0. The standard InChI is InChI=1S/C12H20N4O3/c1-7(2)16(6-11(13)17)5-9-4-10(12(18)15-14)19-8(9)3/h4,7H,5-6,14H2,1-3H3,(H2,13,17)(H,15,18). The Morgan fingerprint density at radius 1 is 1.47 bits per heavy atom. The summed E-state index contributed by atoms with van der Waals surface area (Å²) < 4.78 is 5.32. The third-order valence-electron chi connectivity index (χ3n) is 2.84. The van der Waals surface area contributed by atoms with Gasteiger partial charge in [-0.3, -0.25) is 19.9 Å². The lowest BCUT2D eigenvalue weighted by Crippen LogP contribution is -2.38. The highest BCUT2D eigenvalue weighted by atomic mass is 16.4. The van der Waals surface area contributed by atoms with E-state index in [1.165, 1.54) is 0 Å². The first-order valence-electron chi connectivity index (χ1n) is 5.97. The zero-order valence-electron chi connectivity index (χ0n) is 11.4. The van der Waals surface area contributed by atoms with E-state index < -0.39 is 11.8 Å². The molecule has 0 bridgehead atoms. The summed E-state index contributed by atoms with van der Waals surface area (Å²) in [6.07, 6.45) is 0. The molecular weight excluding hydrogens is 248 g/mol.